The summed E-state index contributed by atoms with van der Waals surface area (Å²) in [5.74, 6) is 1.01. The van der Waals surface area contributed by atoms with Gasteiger partial charge < -0.3 is 14.4 Å². The molecule has 3 rings (SSSR count). The first-order valence-electron chi connectivity index (χ1n) is 7.91. The minimum absolute atomic E-state index is 0.0113. The monoisotopic (exact) mass is 327 g/mol. The summed E-state index contributed by atoms with van der Waals surface area (Å²) in [6, 6.07) is 7.47. The number of amides is 1. The van der Waals surface area contributed by atoms with Gasteiger partial charge in [0.1, 0.15) is 0 Å². The van der Waals surface area contributed by atoms with Crippen LogP contribution in [0.2, 0.25) is 0 Å². The number of carbonyl (C=O) groups is 1. The lowest BCUT2D eigenvalue weighted by atomic mass is 9.90. The average Bonchev–Trinajstić information content (AvgIpc) is 3.06. The standard InChI is InChI=1S/C18H21N3O3/c1-23-12-15-10-21(11-16(15)13-5-7-19-8-6-13)18(22)14-3-4-17(24-2)20-9-14/h3-9,15-16H,10-12H2,1-2H3/t15-,16-/m0/s1. The lowest BCUT2D eigenvalue weighted by Crippen LogP contribution is -2.29. The third-order valence-electron chi connectivity index (χ3n) is 4.44. The second kappa shape index (κ2) is 7.40. The van der Waals surface area contributed by atoms with E-state index in [1.807, 2.05) is 17.0 Å². The first kappa shape index (κ1) is 16.4. The maximum atomic E-state index is 12.8. The first-order valence-corrected chi connectivity index (χ1v) is 7.91. The van der Waals surface area contributed by atoms with Crippen molar-refractivity contribution in [1.29, 1.82) is 0 Å². The van der Waals surface area contributed by atoms with Gasteiger partial charge in [-0.25, -0.2) is 4.98 Å². The third-order valence-corrected chi connectivity index (χ3v) is 4.44. The van der Waals surface area contributed by atoms with E-state index in [-0.39, 0.29) is 17.7 Å². The summed E-state index contributed by atoms with van der Waals surface area (Å²) in [6.07, 6.45) is 5.14. The van der Waals surface area contributed by atoms with Gasteiger partial charge in [-0.15, -0.1) is 0 Å². The van der Waals surface area contributed by atoms with Crippen molar-refractivity contribution in [3.63, 3.8) is 0 Å². The summed E-state index contributed by atoms with van der Waals surface area (Å²) in [5, 5.41) is 0. The van der Waals surface area contributed by atoms with E-state index < -0.39 is 0 Å². The second-order valence-corrected chi connectivity index (χ2v) is 5.90. The van der Waals surface area contributed by atoms with Crippen LogP contribution in [-0.4, -0.2) is 54.7 Å². The summed E-state index contributed by atoms with van der Waals surface area (Å²) in [5.41, 5.74) is 1.76. The Hall–Kier alpha value is -2.47. The second-order valence-electron chi connectivity index (χ2n) is 5.90. The Kier molecular flexibility index (Phi) is 5.05. The SMILES string of the molecule is COC[C@@H]1CN(C(=O)c2ccc(OC)nc2)C[C@H]1c1ccncc1. The highest BCUT2D eigenvalue weighted by Gasteiger charge is 2.36. The van der Waals surface area contributed by atoms with E-state index in [2.05, 4.69) is 9.97 Å². The number of nitrogens with zero attached hydrogens (tertiary/aromatic N) is 3. The van der Waals surface area contributed by atoms with Crippen LogP contribution in [0.25, 0.3) is 0 Å². The van der Waals surface area contributed by atoms with Gasteiger partial charge in [-0.2, -0.15) is 0 Å². The van der Waals surface area contributed by atoms with E-state index in [1.165, 1.54) is 5.56 Å². The predicted octanol–water partition coefficient (Wildman–Crippen LogP) is 1.99. The molecular formula is C18H21N3O3. The van der Waals surface area contributed by atoms with Crippen LogP contribution in [0.4, 0.5) is 0 Å². The molecule has 3 heterocycles. The Bertz CT molecular complexity index is 676. The number of pyridine rings is 2. The van der Waals surface area contributed by atoms with Gasteiger partial charge in [0.15, 0.2) is 0 Å². The smallest absolute Gasteiger partial charge is 0.255 e. The minimum atomic E-state index is -0.0113. The molecule has 0 aromatic carbocycles. The molecule has 2 aromatic rings. The minimum Gasteiger partial charge on any atom is -0.481 e. The fraction of sp³-hybridized carbons (Fsp3) is 0.389. The molecule has 126 valence electrons. The number of hydrogen-bond acceptors (Lipinski definition) is 5. The summed E-state index contributed by atoms with van der Waals surface area (Å²) >= 11 is 0. The summed E-state index contributed by atoms with van der Waals surface area (Å²) in [4.78, 5) is 22.8. The molecular weight excluding hydrogens is 306 g/mol. The van der Waals surface area contributed by atoms with Gasteiger partial charge >= 0.3 is 0 Å². The molecule has 6 nitrogen and oxygen atoms in total. The van der Waals surface area contributed by atoms with E-state index >= 15 is 0 Å². The number of aromatic nitrogens is 2. The summed E-state index contributed by atoms with van der Waals surface area (Å²) < 4.78 is 10.4. The quantitative estimate of drug-likeness (QED) is 0.840. The Morgan fingerprint density at radius 2 is 2.00 bits per heavy atom. The Morgan fingerprint density at radius 3 is 2.62 bits per heavy atom. The van der Waals surface area contributed by atoms with Crippen LogP contribution in [0.1, 0.15) is 21.8 Å². The van der Waals surface area contributed by atoms with E-state index in [4.69, 9.17) is 9.47 Å². The zero-order chi connectivity index (χ0) is 16.9. The highest BCUT2D eigenvalue weighted by atomic mass is 16.5. The lowest BCUT2D eigenvalue weighted by Gasteiger charge is -2.17. The number of carbonyl (C=O) groups excluding carboxylic acids is 1. The van der Waals surface area contributed by atoms with Gasteiger partial charge in [0.05, 0.1) is 19.3 Å². The highest BCUT2D eigenvalue weighted by Crippen LogP contribution is 2.33. The van der Waals surface area contributed by atoms with Crippen molar-refractivity contribution in [3.05, 3.63) is 54.0 Å². The molecule has 1 saturated heterocycles. The van der Waals surface area contributed by atoms with Crippen LogP contribution in [0.3, 0.4) is 0 Å². The zero-order valence-electron chi connectivity index (χ0n) is 13.9. The van der Waals surface area contributed by atoms with Gasteiger partial charge in [-0.3, -0.25) is 9.78 Å². The molecule has 0 radical (unpaired) electrons. The first-order chi connectivity index (χ1) is 11.7. The van der Waals surface area contributed by atoms with Crippen molar-refractivity contribution in [3.8, 4) is 5.88 Å². The van der Waals surface area contributed by atoms with Crippen molar-refractivity contribution >= 4 is 5.91 Å². The van der Waals surface area contributed by atoms with Crippen LogP contribution in [-0.2, 0) is 4.74 Å². The molecule has 1 amide bonds. The van der Waals surface area contributed by atoms with Gasteiger partial charge in [0.25, 0.3) is 5.91 Å². The number of methoxy groups -OCH3 is 2. The molecule has 0 N–H and O–H groups in total. The molecule has 24 heavy (non-hydrogen) atoms. The van der Waals surface area contributed by atoms with Crippen molar-refractivity contribution in [2.75, 3.05) is 33.9 Å². The third kappa shape index (κ3) is 3.38. The van der Waals surface area contributed by atoms with Gasteiger partial charge in [0.2, 0.25) is 5.88 Å². The average molecular weight is 327 g/mol. The van der Waals surface area contributed by atoms with Gasteiger partial charge in [-0.1, -0.05) is 0 Å². The Balaban J connectivity index is 1.77. The molecule has 1 aliphatic rings. The van der Waals surface area contributed by atoms with Crippen LogP contribution in [0.15, 0.2) is 42.9 Å². The maximum absolute atomic E-state index is 12.8. The molecule has 2 aromatic heterocycles. The fourth-order valence-corrected chi connectivity index (χ4v) is 3.22. The normalized spacial score (nSPS) is 20.2. The lowest BCUT2D eigenvalue weighted by molar-refractivity contribution is 0.0775. The van der Waals surface area contributed by atoms with Gasteiger partial charge in [0, 0.05) is 56.7 Å². The summed E-state index contributed by atoms with van der Waals surface area (Å²) in [7, 11) is 3.25. The molecule has 0 saturated carbocycles. The predicted molar refractivity (Wildman–Crippen MR) is 89.0 cm³/mol. The molecule has 6 heteroatoms. The topological polar surface area (TPSA) is 64.5 Å². The van der Waals surface area contributed by atoms with Crippen molar-refractivity contribution in [2.45, 2.75) is 5.92 Å². The van der Waals surface area contributed by atoms with Crippen LogP contribution < -0.4 is 4.74 Å². The van der Waals surface area contributed by atoms with Crippen molar-refractivity contribution in [1.82, 2.24) is 14.9 Å². The molecule has 0 bridgehead atoms. The van der Waals surface area contributed by atoms with Crippen LogP contribution in [0.5, 0.6) is 5.88 Å². The van der Waals surface area contributed by atoms with Crippen LogP contribution in [0, 0.1) is 5.92 Å². The molecule has 0 spiro atoms. The van der Waals surface area contributed by atoms with Crippen LogP contribution >= 0.6 is 0 Å². The zero-order valence-corrected chi connectivity index (χ0v) is 13.9. The van der Waals surface area contributed by atoms with E-state index in [9.17, 15) is 4.79 Å². The van der Waals surface area contributed by atoms with Crippen molar-refractivity contribution in [2.24, 2.45) is 5.92 Å². The molecule has 1 aliphatic heterocycles. The number of ether oxygens (including phenoxy) is 2. The highest BCUT2D eigenvalue weighted by molar-refractivity contribution is 5.94. The number of likely N-dealkylation sites (tertiary alicyclic amines) is 1. The Morgan fingerprint density at radius 1 is 1.21 bits per heavy atom. The van der Waals surface area contributed by atoms with E-state index in [1.54, 1.807) is 44.9 Å². The molecule has 0 unspecified atom stereocenters. The molecule has 2 atom stereocenters. The number of rotatable bonds is 5. The fourth-order valence-electron chi connectivity index (χ4n) is 3.22. The molecule has 1 fully saturated rings. The van der Waals surface area contributed by atoms with E-state index in [0.29, 0.717) is 31.1 Å². The maximum Gasteiger partial charge on any atom is 0.255 e. The van der Waals surface area contributed by atoms with Crippen molar-refractivity contribution < 1.29 is 14.3 Å². The largest absolute Gasteiger partial charge is 0.481 e. The van der Waals surface area contributed by atoms with E-state index in [0.717, 1.165) is 0 Å². The van der Waals surface area contributed by atoms with Gasteiger partial charge in [-0.05, 0) is 23.8 Å². The Labute approximate surface area is 141 Å². The number of hydrogen-bond donors (Lipinski definition) is 0. The summed E-state index contributed by atoms with van der Waals surface area (Å²) in [6.45, 7) is 1.96. The molecule has 0 aliphatic carbocycles.